The molecule has 0 saturated heterocycles. The Morgan fingerprint density at radius 1 is 1.21 bits per heavy atom. The predicted octanol–water partition coefficient (Wildman–Crippen LogP) is 4.07. The van der Waals surface area contributed by atoms with Crippen LogP contribution in [0.3, 0.4) is 0 Å². The highest BCUT2D eigenvalue weighted by molar-refractivity contribution is 8.10. The molecule has 0 heterocycles. The molecule has 1 aliphatic carbocycles. The average molecular weight is 352 g/mol. The number of hydrogen-bond acceptors (Lipinski definition) is 2. The highest BCUT2D eigenvalue weighted by Gasteiger charge is 2.46. The van der Waals surface area contributed by atoms with Gasteiger partial charge >= 0.3 is 0 Å². The maximum atomic E-state index is 12.6. The van der Waals surface area contributed by atoms with Gasteiger partial charge in [0.2, 0.25) is 0 Å². The van der Waals surface area contributed by atoms with Crippen molar-refractivity contribution in [2.45, 2.75) is 63.2 Å². The minimum Gasteiger partial charge on any atom is -0.489 e. The zero-order chi connectivity index (χ0) is 18.0. The minimum atomic E-state index is -4.88. The van der Waals surface area contributed by atoms with Gasteiger partial charge in [0.15, 0.2) is 0 Å². The highest BCUT2D eigenvalue weighted by Crippen LogP contribution is 2.37. The lowest BCUT2D eigenvalue weighted by atomic mass is 9.87. The Hall–Kier alpha value is -1.35. The molecule has 24 heavy (non-hydrogen) atoms. The number of terminal acetylenes is 1. The normalized spacial score (nSPS) is 23.8. The van der Waals surface area contributed by atoms with Gasteiger partial charge in [-0.15, -0.1) is 6.42 Å². The van der Waals surface area contributed by atoms with E-state index < -0.39 is 26.7 Å². The predicted molar refractivity (Wildman–Crippen MR) is 98.9 cm³/mol. The Balaban J connectivity index is 2.20. The fourth-order valence-electron chi connectivity index (χ4n) is 3.21. The first-order valence-electron chi connectivity index (χ1n) is 8.36. The second kappa shape index (κ2) is 6.51. The summed E-state index contributed by atoms with van der Waals surface area (Å²) in [4.78, 5) is 0. The average Bonchev–Trinajstić information content (AvgIpc) is 2.46. The van der Waals surface area contributed by atoms with Crippen LogP contribution in [0.25, 0.3) is 0 Å². The van der Waals surface area contributed by atoms with E-state index in [1.54, 1.807) is 0 Å². The molecule has 0 radical (unpaired) electrons. The van der Waals surface area contributed by atoms with Crippen LogP contribution in [0.5, 0.6) is 5.75 Å². The Morgan fingerprint density at radius 3 is 2.33 bits per heavy atom. The van der Waals surface area contributed by atoms with Crippen LogP contribution >= 0.6 is 0 Å². The highest BCUT2D eigenvalue weighted by atomic mass is 32.3. The first kappa shape index (κ1) is 19.0. The third-order valence-electron chi connectivity index (χ3n) is 4.61. The van der Waals surface area contributed by atoms with Gasteiger partial charge in [0.05, 0.1) is 14.9 Å². The Bertz CT molecular complexity index is 673. The van der Waals surface area contributed by atoms with Crippen molar-refractivity contribution in [1.82, 2.24) is 0 Å². The van der Waals surface area contributed by atoms with Crippen molar-refractivity contribution in [1.29, 1.82) is 0 Å². The molecule has 1 aromatic carbocycles. The maximum Gasteiger partial charge on any atom is 0.119 e. The molecule has 0 spiro atoms. The minimum absolute atomic E-state index is 0.0501. The first-order chi connectivity index (χ1) is 11.0. The van der Waals surface area contributed by atoms with Crippen molar-refractivity contribution >= 4 is 9.63 Å². The molecular formula is C19H28O4S. The topological polar surface area (TPSA) is 66.8 Å². The van der Waals surface area contributed by atoms with Gasteiger partial charge in [-0.2, -0.15) is 0 Å². The van der Waals surface area contributed by atoms with Crippen LogP contribution in [0.1, 0.15) is 52.0 Å². The number of hydrogen-bond donors (Lipinski definition) is 2. The molecule has 1 aliphatic rings. The fourth-order valence-corrected chi connectivity index (χ4v) is 5.18. The van der Waals surface area contributed by atoms with Crippen molar-refractivity contribution in [2.24, 2.45) is 0 Å². The third-order valence-corrected chi connectivity index (χ3v) is 7.08. The van der Waals surface area contributed by atoms with E-state index in [-0.39, 0.29) is 5.41 Å². The van der Waals surface area contributed by atoms with E-state index >= 15 is 0 Å². The van der Waals surface area contributed by atoms with E-state index in [0.29, 0.717) is 18.6 Å². The molecule has 0 aromatic heterocycles. The van der Waals surface area contributed by atoms with Crippen molar-refractivity contribution in [2.75, 3.05) is 5.75 Å². The van der Waals surface area contributed by atoms with E-state index in [4.69, 9.17) is 11.2 Å². The third kappa shape index (κ3) is 4.38. The quantitative estimate of drug-likeness (QED) is 0.802. The molecular weight excluding hydrogens is 324 g/mol. The summed E-state index contributed by atoms with van der Waals surface area (Å²) in [5.74, 6) is 2.23. The van der Waals surface area contributed by atoms with Crippen LogP contribution in [-0.4, -0.2) is 30.4 Å². The molecule has 2 N–H and O–H groups in total. The van der Waals surface area contributed by atoms with E-state index in [1.807, 2.05) is 24.3 Å². The van der Waals surface area contributed by atoms with Gasteiger partial charge < -0.3 is 13.8 Å². The monoisotopic (exact) mass is 352 g/mol. The molecule has 0 bridgehead atoms. The molecule has 0 aliphatic heterocycles. The molecule has 5 heteroatoms. The first-order valence-corrected chi connectivity index (χ1v) is 10.5. The Labute approximate surface area is 145 Å². The summed E-state index contributed by atoms with van der Waals surface area (Å²) < 4.78 is 39.2. The SMILES string of the molecule is C#CCS(=O)(O)(O)C1CCCCC1Oc1ccc(C(C)(C)C)cc1. The summed E-state index contributed by atoms with van der Waals surface area (Å²) in [6.45, 7) is 6.41. The lowest BCUT2D eigenvalue weighted by molar-refractivity contribution is 0.146. The standard InChI is InChI=1S/C19H28O4S/c1-5-14-24(20,21,22)18-9-7-6-8-17(18)23-16-12-10-15(11-13-16)19(2,3)4/h1,10-13,17-18H,6-9,14H2,2-4H3,(H2,20,21,22). The summed E-state index contributed by atoms with van der Waals surface area (Å²) in [5, 5.41) is -0.853. The summed E-state index contributed by atoms with van der Waals surface area (Å²) in [6.07, 6.45) is 7.42. The zero-order valence-corrected chi connectivity index (χ0v) is 15.5. The molecule has 2 atom stereocenters. The lowest BCUT2D eigenvalue weighted by Gasteiger charge is -2.43. The van der Waals surface area contributed by atoms with E-state index in [1.165, 1.54) is 5.56 Å². The second-order valence-electron chi connectivity index (χ2n) is 7.68. The van der Waals surface area contributed by atoms with Gasteiger partial charge in [-0.25, -0.2) is 4.21 Å². The van der Waals surface area contributed by atoms with Gasteiger partial charge in [0, 0.05) is 0 Å². The van der Waals surface area contributed by atoms with Crippen molar-refractivity contribution < 1.29 is 18.1 Å². The van der Waals surface area contributed by atoms with Crippen molar-refractivity contribution in [3.8, 4) is 18.1 Å². The van der Waals surface area contributed by atoms with Crippen LogP contribution in [0.2, 0.25) is 0 Å². The molecule has 2 unspecified atom stereocenters. The van der Waals surface area contributed by atoms with Gasteiger partial charge in [0.25, 0.3) is 0 Å². The van der Waals surface area contributed by atoms with Gasteiger partial charge in [0.1, 0.15) is 17.6 Å². The van der Waals surface area contributed by atoms with Crippen LogP contribution in [0.15, 0.2) is 24.3 Å². The molecule has 0 amide bonds. The van der Waals surface area contributed by atoms with Crippen molar-refractivity contribution in [3.05, 3.63) is 29.8 Å². The van der Waals surface area contributed by atoms with Crippen LogP contribution in [0.4, 0.5) is 0 Å². The van der Waals surface area contributed by atoms with Crippen LogP contribution in [-0.2, 0) is 15.0 Å². The molecule has 1 saturated carbocycles. The van der Waals surface area contributed by atoms with Crippen molar-refractivity contribution in [3.63, 3.8) is 0 Å². The number of ether oxygens (including phenoxy) is 1. The smallest absolute Gasteiger partial charge is 0.119 e. The zero-order valence-electron chi connectivity index (χ0n) is 14.7. The fraction of sp³-hybridized carbons (Fsp3) is 0.579. The molecule has 1 aromatic rings. The summed E-state index contributed by atoms with van der Waals surface area (Å²) in [6, 6.07) is 7.75. The van der Waals surface area contributed by atoms with E-state index in [2.05, 4.69) is 26.7 Å². The van der Waals surface area contributed by atoms with Gasteiger partial charge in [-0.1, -0.05) is 45.2 Å². The number of rotatable bonds is 4. The van der Waals surface area contributed by atoms with Crippen LogP contribution in [0, 0.1) is 12.3 Å². The summed E-state index contributed by atoms with van der Waals surface area (Å²) in [7, 11) is -4.88. The Kier molecular flexibility index (Phi) is 5.15. The molecule has 1 fully saturated rings. The van der Waals surface area contributed by atoms with E-state index in [0.717, 1.165) is 12.8 Å². The maximum absolute atomic E-state index is 12.6. The van der Waals surface area contributed by atoms with Gasteiger partial charge in [-0.3, -0.25) is 0 Å². The van der Waals surface area contributed by atoms with Crippen LogP contribution < -0.4 is 4.74 Å². The largest absolute Gasteiger partial charge is 0.489 e. The van der Waals surface area contributed by atoms with E-state index in [9.17, 15) is 13.3 Å². The van der Waals surface area contributed by atoms with Gasteiger partial charge in [-0.05, 0) is 42.4 Å². The second-order valence-corrected chi connectivity index (χ2v) is 10.7. The Morgan fingerprint density at radius 2 is 1.79 bits per heavy atom. The summed E-state index contributed by atoms with van der Waals surface area (Å²) in [5.41, 5.74) is 1.24. The lowest BCUT2D eigenvalue weighted by Crippen LogP contribution is -2.55. The molecule has 2 rings (SSSR count). The number of benzene rings is 1. The summed E-state index contributed by atoms with van der Waals surface area (Å²) >= 11 is 0. The molecule has 4 nitrogen and oxygen atoms in total. The molecule has 134 valence electrons.